The molecule has 2 rings (SSSR count). The number of likely N-dealkylation sites (tertiary alicyclic amines) is 1. The molecule has 15 heavy (non-hydrogen) atoms. The molecule has 1 aliphatic heterocycles. The van der Waals surface area contributed by atoms with Crippen LogP contribution >= 0.6 is 15.9 Å². The Morgan fingerprint density at radius 2 is 2.27 bits per heavy atom. The minimum atomic E-state index is 0.593. The van der Waals surface area contributed by atoms with Gasteiger partial charge < -0.3 is 9.64 Å². The van der Waals surface area contributed by atoms with Gasteiger partial charge in [-0.15, -0.1) is 0 Å². The van der Waals surface area contributed by atoms with E-state index in [2.05, 4.69) is 37.8 Å². The smallest absolute Gasteiger partial charge is 0.196 e. The fourth-order valence-electron chi connectivity index (χ4n) is 1.75. The van der Waals surface area contributed by atoms with Gasteiger partial charge in [-0.05, 0) is 35.9 Å². The fraction of sp³-hybridized carbons (Fsp3) is 0.600. The van der Waals surface area contributed by atoms with Gasteiger partial charge in [-0.1, -0.05) is 0 Å². The van der Waals surface area contributed by atoms with E-state index in [0.717, 1.165) is 18.9 Å². The van der Waals surface area contributed by atoms with E-state index in [1.165, 1.54) is 13.0 Å². The number of ether oxygens (including phenoxy) is 1. The lowest BCUT2D eigenvalue weighted by Crippen LogP contribution is -2.18. The van der Waals surface area contributed by atoms with Gasteiger partial charge >= 0.3 is 0 Å². The fourth-order valence-corrected chi connectivity index (χ4v) is 1.96. The monoisotopic (exact) mass is 271 g/mol. The third kappa shape index (κ3) is 3.14. The highest BCUT2D eigenvalue weighted by Gasteiger charge is 2.19. The standard InChI is InChI=1S/C10H14BrN3O/c1-14-3-2-8(6-14)7-15-9-4-12-10(11)13-5-9/h4-5,8H,2-3,6-7H2,1H3. The molecule has 0 amide bonds. The van der Waals surface area contributed by atoms with E-state index in [1.54, 1.807) is 12.4 Å². The molecule has 0 aliphatic carbocycles. The Labute approximate surface area is 97.8 Å². The molecule has 1 atom stereocenters. The van der Waals surface area contributed by atoms with Crippen molar-refractivity contribution in [2.75, 3.05) is 26.7 Å². The molecule has 1 aromatic heterocycles. The second kappa shape index (κ2) is 4.90. The lowest BCUT2D eigenvalue weighted by atomic mass is 10.1. The number of hydrogen-bond donors (Lipinski definition) is 0. The van der Waals surface area contributed by atoms with Crippen LogP contribution in [0.25, 0.3) is 0 Å². The number of hydrogen-bond acceptors (Lipinski definition) is 4. The van der Waals surface area contributed by atoms with E-state index in [1.807, 2.05) is 0 Å². The van der Waals surface area contributed by atoms with Gasteiger partial charge in [0.2, 0.25) is 0 Å². The maximum atomic E-state index is 5.62. The van der Waals surface area contributed by atoms with Crippen molar-refractivity contribution in [2.24, 2.45) is 5.92 Å². The van der Waals surface area contributed by atoms with Crippen LogP contribution in [-0.2, 0) is 0 Å². The van der Waals surface area contributed by atoms with Crippen molar-refractivity contribution in [3.05, 3.63) is 17.1 Å². The maximum Gasteiger partial charge on any atom is 0.196 e. The van der Waals surface area contributed by atoms with Gasteiger partial charge in [0.15, 0.2) is 10.5 Å². The summed E-state index contributed by atoms with van der Waals surface area (Å²) in [6.07, 6.45) is 4.60. The van der Waals surface area contributed by atoms with Crippen LogP contribution in [0.2, 0.25) is 0 Å². The van der Waals surface area contributed by atoms with Crippen LogP contribution in [0.4, 0.5) is 0 Å². The zero-order valence-electron chi connectivity index (χ0n) is 8.69. The Morgan fingerprint density at radius 1 is 1.53 bits per heavy atom. The zero-order chi connectivity index (χ0) is 10.7. The van der Waals surface area contributed by atoms with Gasteiger partial charge in [0, 0.05) is 12.5 Å². The summed E-state index contributed by atoms with van der Waals surface area (Å²) in [7, 11) is 2.14. The maximum absolute atomic E-state index is 5.62. The molecule has 1 fully saturated rings. The Morgan fingerprint density at radius 3 is 2.87 bits per heavy atom. The molecule has 1 aromatic rings. The number of aromatic nitrogens is 2. The van der Waals surface area contributed by atoms with E-state index in [-0.39, 0.29) is 0 Å². The normalized spacial score (nSPS) is 21.9. The van der Waals surface area contributed by atoms with Crippen molar-refractivity contribution in [2.45, 2.75) is 6.42 Å². The summed E-state index contributed by atoms with van der Waals surface area (Å²) in [6, 6.07) is 0. The molecule has 82 valence electrons. The molecule has 0 saturated carbocycles. The molecule has 0 aromatic carbocycles. The van der Waals surface area contributed by atoms with Gasteiger partial charge in [0.25, 0.3) is 0 Å². The minimum Gasteiger partial charge on any atom is -0.490 e. The summed E-state index contributed by atoms with van der Waals surface area (Å²) in [5.41, 5.74) is 0. The Kier molecular flexibility index (Phi) is 3.53. The average molecular weight is 272 g/mol. The summed E-state index contributed by atoms with van der Waals surface area (Å²) in [5, 5.41) is 0. The summed E-state index contributed by atoms with van der Waals surface area (Å²) < 4.78 is 6.21. The van der Waals surface area contributed by atoms with Crippen molar-refractivity contribution in [1.29, 1.82) is 0 Å². The van der Waals surface area contributed by atoms with Crippen molar-refractivity contribution in [3.63, 3.8) is 0 Å². The molecule has 1 unspecified atom stereocenters. The largest absolute Gasteiger partial charge is 0.490 e. The van der Waals surface area contributed by atoms with Gasteiger partial charge in [0.1, 0.15) is 0 Å². The summed E-state index contributed by atoms with van der Waals surface area (Å²) in [5.74, 6) is 1.38. The predicted molar refractivity (Wildman–Crippen MR) is 60.8 cm³/mol. The molecule has 2 heterocycles. The first-order chi connectivity index (χ1) is 7.24. The second-order valence-corrected chi connectivity index (χ2v) is 4.63. The zero-order valence-corrected chi connectivity index (χ0v) is 10.3. The third-order valence-corrected chi connectivity index (χ3v) is 2.98. The van der Waals surface area contributed by atoms with Crippen LogP contribution in [0.3, 0.4) is 0 Å². The van der Waals surface area contributed by atoms with Crippen LogP contribution < -0.4 is 4.74 Å². The molecule has 0 spiro atoms. The molecular formula is C10H14BrN3O. The second-order valence-electron chi connectivity index (χ2n) is 3.92. The molecule has 0 radical (unpaired) electrons. The topological polar surface area (TPSA) is 38.2 Å². The first-order valence-corrected chi connectivity index (χ1v) is 5.82. The molecule has 0 bridgehead atoms. The average Bonchev–Trinajstić information content (AvgIpc) is 2.64. The van der Waals surface area contributed by atoms with Crippen LogP contribution in [0.1, 0.15) is 6.42 Å². The first-order valence-electron chi connectivity index (χ1n) is 5.03. The van der Waals surface area contributed by atoms with E-state index < -0.39 is 0 Å². The quantitative estimate of drug-likeness (QED) is 0.783. The lowest BCUT2D eigenvalue weighted by Gasteiger charge is -2.11. The SMILES string of the molecule is CN1CCC(COc2cnc(Br)nc2)C1. The van der Waals surface area contributed by atoms with Crippen LogP contribution in [0, 0.1) is 5.92 Å². The molecular weight excluding hydrogens is 258 g/mol. The summed E-state index contributed by atoms with van der Waals surface area (Å²) >= 11 is 3.19. The van der Waals surface area contributed by atoms with E-state index >= 15 is 0 Å². The third-order valence-electron chi connectivity index (χ3n) is 2.57. The minimum absolute atomic E-state index is 0.593. The van der Waals surface area contributed by atoms with Gasteiger partial charge in [0.05, 0.1) is 19.0 Å². The highest BCUT2D eigenvalue weighted by atomic mass is 79.9. The first kappa shape index (κ1) is 10.8. The number of rotatable bonds is 3. The highest BCUT2D eigenvalue weighted by Crippen LogP contribution is 2.16. The van der Waals surface area contributed by atoms with Crippen molar-refractivity contribution in [1.82, 2.24) is 14.9 Å². The summed E-state index contributed by atoms with van der Waals surface area (Å²) in [4.78, 5) is 10.3. The van der Waals surface area contributed by atoms with Crippen molar-refractivity contribution < 1.29 is 4.74 Å². The Bertz CT molecular complexity index is 317. The van der Waals surface area contributed by atoms with Gasteiger partial charge in [-0.3, -0.25) is 0 Å². The van der Waals surface area contributed by atoms with Gasteiger partial charge in [-0.2, -0.15) is 0 Å². The predicted octanol–water partition coefficient (Wildman–Crippen LogP) is 1.57. The van der Waals surface area contributed by atoms with E-state index in [9.17, 15) is 0 Å². The molecule has 4 nitrogen and oxygen atoms in total. The van der Waals surface area contributed by atoms with Crippen molar-refractivity contribution >= 4 is 15.9 Å². The van der Waals surface area contributed by atoms with Crippen LogP contribution in [0.15, 0.2) is 17.1 Å². The summed E-state index contributed by atoms with van der Waals surface area (Å²) in [6.45, 7) is 3.05. The van der Waals surface area contributed by atoms with E-state index in [4.69, 9.17) is 4.74 Å². The Hall–Kier alpha value is -0.680. The van der Waals surface area contributed by atoms with Gasteiger partial charge in [-0.25, -0.2) is 9.97 Å². The van der Waals surface area contributed by atoms with Crippen LogP contribution in [0.5, 0.6) is 5.75 Å². The molecule has 5 heteroatoms. The lowest BCUT2D eigenvalue weighted by molar-refractivity contribution is 0.247. The molecule has 1 saturated heterocycles. The van der Waals surface area contributed by atoms with Crippen LogP contribution in [-0.4, -0.2) is 41.6 Å². The number of nitrogens with zero attached hydrogens (tertiary/aromatic N) is 3. The highest BCUT2D eigenvalue weighted by molar-refractivity contribution is 9.10. The number of halogens is 1. The molecule has 1 aliphatic rings. The Balaban J connectivity index is 1.80. The molecule has 0 N–H and O–H groups in total. The van der Waals surface area contributed by atoms with E-state index in [0.29, 0.717) is 10.7 Å². The van der Waals surface area contributed by atoms with Crippen molar-refractivity contribution in [3.8, 4) is 5.75 Å².